The van der Waals surface area contributed by atoms with Gasteiger partial charge in [0.1, 0.15) is 35.8 Å². The van der Waals surface area contributed by atoms with Gasteiger partial charge < -0.3 is 29.2 Å². The number of carbonyl (C=O) groups excluding carboxylic acids is 1. The molecule has 0 aromatic heterocycles. The number of esters is 1. The number of aliphatic hydroxyl groups excluding tert-OH is 2. The maximum absolute atomic E-state index is 13.1. The van der Waals surface area contributed by atoms with Crippen molar-refractivity contribution in [2.45, 2.75) is 82.8 Å². The van der Waals surface area contributed by atoms with Gasteiger partial charge in [-0.3, -0.25) is 0 Å². The molecule has 208 valence electrons. The molecule has 0 aromatic rings. The number of hydrogen-bond donors (Lipinski definition) is 2. The monoisotopic (exact) mass is 546 g/mol. The number of aliphatic hydroxyl groups is 2. The second kappa shape index (κ2) is 10.3. The Kier molecular flexibility index (Phi) is 7.46. The summed E-state index contributed by atoms with van der Waals surface area (Å²) < 4.78 is 25.1. The Morgan fingerprint density at radius 2 is 2.03 bits per heavy atom. The lowest BCUT2D eigenvalue weighted by Crippen LogP contribution is -2.57. The fourth-order valence-corrected chi connectivity index (χ4v) is 7.65. The minimum atomic E-state index is -0.831. The standard InChI is InChI=1S/C30H39ClO7/c1-14-11-15(2)30-20(13-23(35-6)18(5)36-26(14)17(4)32)8-10-22-24(30)25(33)16(3)27(28(22)38-30)37-29(34)19-7-9-21(31)12-19/h7-11,14,16-17,20,22-28,32-33H,5,12-13H2,1-4,6H3/b15-11+/t14-,16-,17-,20-,22-,23+,24+,25-,26+,27-,28-,30+/m1/s1. The number of methoxy groups -OCH3 is 1. The van der Waals surface area contributed by atoms with Gasteiger partial charge in [-0.05, 0) is 31.9 Å². The molecule has 5 aliphatic rings. The topological polar surface area (TPSA) is 94.5 Å². The first-order chi connectivity index (χ1) is 18.0. The van der Waals surface area contributed by atoms with E-state index in [9.17, 15) is 15.0 Å². The van der Waals surface area contributed by atoms with Crippen LogP contribution in [0.4, 0.5) is 0 Å². The molecule has 5 rings (SSSR count). The Hall–Kier alpha value is -1.90. The van der Waals surface area contributed by atoms with E-state index in [2.05, 4.69) is 24.8 Å². The van der Waals surface area contributed by atoms with Gasteiger partial charge in [0.15, 0.2) is 0 Å². The van der Waals surface area contributed by atoms with E-state index in [-0.39, 0.29) is 29.6 Å². The predicted octanol–water partition coefficient (Wildman–Crippen LogP) is 4.20. The van der Waals surface area contributed by atoms with E-state index in [0.29, 0.717) is 29.2 Å². The highest BCUT2D eigenvalue weighted by Crippen LogP contribution is 2.61. The zero-order valence-electron chi connectivity index (χ0n) is 22.7. The molecule has 8 heteroatoms. The van der Waals surface area contributed by atoms with E-state index in [1.807, 2.05) is 20.8 Å². The van der Waals surface area contributed by atoms with E-state index < -0.39 is 48.2 Å². The van der Waals surface area contributed by atoms with Gasteiger partial charge in [-0.2, -0.15) is 0 Å². The normalized spacial score (nSPS) is 46.2. The minimum absolute atomic E-state index is 0.121. The Balaban J connectivity index is 1.55. The number of halogens is 1. The maximum Gasteiger partial charge on any atom is 0.334 e. The van der Waals surface area contributed by atoms with Crippen LogP contribution in [0.25, 0.3) is 0 Å². The molecular formula is C30H39ClO7. The smallest absolute Gasteiger partial charge is 0.334 e. The molecule has 3 aliphatic carbocycles. The van der Waals surface area contributed by atoms with Crippen LogP contribution in [0.2, 0.25) is 0 Å². The SMILES string of the molecule is C=C1O[C@H]([C@@H](C)O)[C@H](C)/C=C(\C)[C@]23O[C@@H]4[C@H](C=C[C@@H]2C[C@@H]1OC)[C@H]3[C@H](O)[C@@H](C)[C@H]4OC(=O)C1=CC=C(Cl)C1. The van der Waals surface area contributed by atoms with E-state index in [4.69, 9.17) is 30.5 Å². The minimum Gasteiger partial charge on any atom is -0.489 e. The lowest BCUT2D eigenvalue weighted by molar-refractivity contribution is -0.165. The van der Waals surface area contributed by atoms with E-state index >= 15 is 0 Å². The lowest BCUT2D eigenvalue weighted by Gasteiger charge is -2.49. The zero-order valence-corrected chi connectivity index (χ0v) is 23.4. The summed E-state index contributed by atoms with van der Waals surface area (Å²) in [4.78, 5) is 13.1. The fourth-order valence-electron chi connectivity index (χ4n) is 7.44. The van der Waals surface area contributed by atoms with Gasteiger partial charge in [-0.1, -0.05) is 56.3 Å². The van der Waals surface area contributed by atoms with Gasteiger partial charge in [0.2, 0.25) is 0 Å². The summed E-state index contributed by atoms with van der Waals surface area (Å²) in [5.74, 6) is -0.949. The predicted molar refractivity (Wildman–Crippen MR) is 143 cm³/mol. The summed E-state index contributed by atoms with van der Waals surface area (Å²) in [6, 6.07) is 0. The van der Waals surface area contributed by atoms with Gasteiger partial charge in [0.25, 0.3) is 0 Å². The third kappa shape index (κ3) is 4.31. The molecule has 1 saturated heterocycles. The van der Waals surface area contributed by atoms with Gasteiger partial charge in [0.05, 0.1) is 12.2 Å². The van der Waals surface area contributed by atoms with Crippen molar-refractivity contribution in [1.82, 2.24) is 0 Å². The Morgan fingerprint density at radius 1 is 1.29 bits per heavy atom. The van der Waals surface area contributed by atoms with Crippen molar-refractivity contribution in [2.75, 3.05) is 7.11 Å². The molecule has 38 heavy (non-hydrogen) atoms. The van der Waals surface area contributed by atoms with Crippen LogP contribution in [0, 0.1) is 29.6 Å². The molecule has 0 radical (unpaired) electrons. The van der Waals surface area contributed by atoms with Crippen molar-refractivity contribution in [2.24, 2.45) is 29.6 Å². The summed E-state index contributed by atoms with van der Waals surface area (Å²) in [6.45, 7) is 11.8. The van der Waals surface area contributed by atoms with E-state index in [1.54, 1.807) is 26.2 Å². The Bertz CT molecular complexity index is 1110. The van der Waals surface area contributed by atoms with Gasteiger partial charge in [-0.15, -0.1) is 0 Å². The third-order valence-corrected chi connectivity index (χ3v) is 9.60. The lowest BCUT2D eigenvalue weighted by atomic mass is 9.57. The highest BCUT2D eigenvalue weighted by Gasteiger charge is 2.69. The zero-order chi connectivity index (χ0) is 27.5. The average Bonchev–Trinajstić information content (AvgIpc) is 3.38. The molecular weight excluding hydrogens is 508 g/mol. The molecule has 7 nitrogen and oxygen atoms in total. The molecule has 2 aliphatic heterocycles. The first kappa shape index (κ1) is 27.7. The molecule has 0 amide bonds. The molecule has 2 fully saturated rings. The van der Waals surface area contributed by atoms with Crippen LogP contribution in [0.3, 0.4) is 0 Å². The third-order valence-electron chi connectivity index (χ3n) is 9.34. The second-order valence-electron chi connectivity index (χ2n) is 11.6. The molecule has 0 aromatic carbocycles. The van der Waals surface area contributed by atoms with Crippen LogP contribution in [-0.2, 0) is 23.7 Å². The first-order valence-electron chi connectivity index (χ1n) is 13.5. The van der Waals surface area contributed by atoms with Crippen molar-refractivity contribution in [3.8, 4) is 0 Å². The molecule has 4 bridgehead atoms. The largest absolute Gasteiger partial charge is 0.489 e. The van der Waals surface area contributed by atoms with Crippen molar-refractivity contribution in [1.29, 1.82) is 0 Å². The van der Waals surface area contributed by atoms with Crippen molar-refractivity contribution in [3.63, 3.8) is 0 Å². The van der Waals surface area contributed by atoms with E-state index in [1.165, 1.54) is 0 Å². The second-order valence-corrected chi connectivity index (χ2v) is 12.1. The first-order valence-corrected chi connectivity index (χ1v) is 13.9. The van der Waals surface area contributed by atoms with Gasteiger partial charge in [-0.25, -0.2) is 4.79 Å². The van der Waals surface area contributed by atoms with E-state index in [0.717, 1.165) is 5.57 Å². The fraction of sp³-hybridized carbons (Fsp3) is 0.633. The number of rotatable bonds is 4. The van der Waals surface area contributed by atoms with Crippen molar-refractivity contribution < 1.29 is 34.0 Å². The van der Waals surface area contributed by atoms with Crippen LogP contribution in [0.15, 0.2) is 58.9 Å². The quantitative estimate of drug-likeness (QED) is 0.403. The number of ether oxygens (including phenoxy) is 4. The Labute approximate surface area is 229 Å². The molecule has 0 unspecified atom stereocenters. The summed E-state index contributed by atoms with van der Waals surface area (Å²) in [5, 5.41) is 22.9. The van der Waals surface area contributed by atoms with Crippen LogP contribution >= 0.6 is 11.6 Å². The molecule has 12 atom stereocenters. The summed E-state index contributed by atoms with van der Waals surface area (Å²) in [5.41, 5.74) is 0.643. The summed E-state index contributed by atoms with van der Waals surface area (Å²) in [7, 11) is 1.62. The highest BCUT2D eigenvalue weighted by atomic mass is 35.5. The Morgan fingerprint density at radius 3 is 2.66 bits per heavy atom. The van der Waals surface area contributed by atoms with Crippen LogP contribution in [0.1, 0.15) is 40.5 Å². The molecule has 2 heterocycles. The number of carbonyl (C=O) groups is 1. The van der Waals surface area contributed by atoms with Crippen LogP contribution in [0.5, 0.6) is 0 Å². The number of allylic oxidation sites excluding steroid dienone is 3. The summed E-state index contributed by atoms with van der Waals surface area (Å²) in [6.07, 6.45) is 7.15. The van der Waals surface area contributed by atoms with Crippen LogP contribution < -0.4 is 0 Å². The van der Waals surface area contributed by atoms with Gasteiger partial charge >= 0.3 is 5.97 Å². The molecule has 2 N–H and O–H groups in total. The van der Waals surface area contributed by atoms with Gasteiger partial charge in [0, 0.05) is 53.7 Å². The van der Waals surface area contributed by atoms with Crippen LogP contribution in [-0.4, -0.2) is 65.5 Å². The van der Waals surface area contributed by atoms with Crippen molar-refractivity contribution in [3.05, 3.63) is 58.9 Å². The average molecular weight is 547 g/mol. The summed E-state index contributed by atoms with van der Waals surface area (Å²) >= 11 is 6.08. The highest BCUT2D eigenvalue weighted by molar-refractivity contribution is 6.30. The maximum atomic E-state index is 13.1. The van der Waals surface area contributed by atoms with Crippen molar-refractivity contribution >= 4 is 17.6 Å². The molecule has 1 saturated carbocycles. The molecule has 1 spiro atoms. The number of hydrogen-bond acceptors (Lipinski definition) is 7.